The van der Waals surface area contributed by atoms with Crippen LogP contribution in [0, 0.1) is 4.77 Å². The predicted octanol–water partition coefficient (Wildman–Crippen LogP) is -0.0383. The molecular weight excluding hydrogens is 188 g/mol. The molecule has 0 aliphatic rings. The summed E-state index contributed by atoms with van der Waals surface area (Å²) in [4.78, 5) is 3.88. The lowest BCUT2D eigenvalue weighted by Crippen LogP contribution is -1.99. The van der Waals surface area contributed by atoms with E-state index in [1.54, 1.807) is 17.7 Å². The van der Waals surface area contributed by atoms with Gasteiger partial charge in [0.2, 0.25) is 10.7 Å². The first kappa shape index (κ1) is 7.99. The van der Waals surface area contributed by atoms with Crippen LogP contribution in [0.15, 0.2) is 6.07 Å². The third-order valence-corrected chi connectivity index (χ3v) is 2.05. The standard InChI is InChI=1S/C6H8N6S/c1-11-4-2-3(7)9-6(13)12(4)10-5(11)8/h2H,1H3,(H2,8,10)(H2,7,9,13). The normalized spacial score (nSPS) is 10.8. The number of nitrogen functional groups attached to an aromatic ring is 2. The maximum atomic E-state index is 5.59. The Kier molecular flexibility index (Phi) is 1.49. The highest BCUT2D eigenvalue weighted by Crippen LogP contribution is 2.09. The number of fused-ring (bicyclic) bond motifs is 1. The zero-order valence-corrected chi connectivity index (χ0v) is 7.75. The van der Waals surface area contributed by atoms with Gasteiger partial charge in [-0.3, -0.25) is 4.57 Å². The molecule has 68 valence electrons. The molecule has 0 amide bonds. The van der Waals surface area contributed by atoms with Crippen LogP contribution in [0.2, 0.25) is 0 Å². The van der Waals surface area contributed by atoms with Gasteiger partial charge in [0.25, 0.3) is 0 Å². The van der Waals surface area contributed by atoms with E-state index in [-0.39, 0.29) is 0 Å². The fourth-order valence-electron chi connectivity index (χ4n) is 1.10. The molecule has 7 heteroatoms. The quantitative estimate of drug-likeness (QED) is 0.577. The molecule has 2 aromatic heterocycles. The van der Waals surface area contributed by atoms with E-state index in [2.05, 4.69) is 10.1 Å². The Morgan fingerprint density at radius 3 is 2.85 bits per heavy atom. The Hall–Kier alpha value is -1.63. The Bertz CT molecular complexity index is 524. The third-order valence-electron chi connectivity index (χ3n) is 1.79. The molecule has 0 bridgehead atoms. The molecule has 0 atom stereocenters. The minimum absolute atomic E-state index is 0.308. The minimum Gasteiger partial charge on any atom is -0.383 e. The molecule has 0 aliphatic heterocycles. The lowest BCUT2D eigenvalue weighted by Gasteiger charge is -1.96. The molecule has 4 N–H and O–H groups in total. The molecule has 0 fully saturated rings. The van der Waals surface area contributed by atoms with Gasteiger partial charge in [0.15, 0.2) is 0 Å². The Balaban J connectivity index is 3.03. The molecule has 0 radical (unpaired) electrons. The summed E-state index contributed by atoms with van der Waals surface area (Å²) in [5, 5.41) is 3.99. The third kappa shape index (κ3) is 1.04. The first-order valence-corrected chi connectivity index (χ1v) is 3.98. The van der Waals surface area contributed by atoms with Gasteiger partial charge in [-0.1, -0.05) is 0 Å². The zero-order chi connectivity index (χ0) is 9.59. The topological polar surface area (TPSA) is 87.2 Å². The average Bonchev–Trinajstić information content (AvgIpc) is 2.32. The van der Waals surface area contributed by atoms with Crippen molar-refractivity contribution in [3.05, 3.63) is 10.8 Å². The number of aromatic nitrogens is 4. The van der Waals surface area contributed by atoms with Crippen LogP contribution in [-0.4, -0.2) is 19.2 Å². The molecular formula is C6H8N6S. The molecule has 2 rings (SSSR count). The van der Waals surface area contributed by atoms with Gasteiger partial charge in [-0.2, -0.15) is 4.52 Å². The number of hydrogen-bond donors (Lipinski definition) is 2. The van der Waals surface area contributed by atoms with Gasteiger partial charge in [-0.25, -0.2) is 4.98 Å². The fourth-order valence-corrected chi connectivity index (χ4v) is 1.34. The second-order valence-electron chi connectivity index (χ2n) is 2.65. The maximum Gasteiger partial charge on any atom is 0.224 e. The molecule has 0 unspecified atom stereocenters. The second-order valence-corrected chi connectivity index (χ2v) is 3.02. The van der Waals surface area contributed by atoms with E-state index in [1.165, 1.54) is 4.52 Å². The number of aryl methyl sites for hydroxylation is 1. The van der Waals surface area contributed by atoms with Gasteiger partial charge in [-0.15, -0.1) is 5.10 Å². The summed E-state index contributed by atoms with van der Waals surface area (Å²) in [6, 6.07) is 1.67. The smallest absolute Gasteiger partial charge is 0.224 e. The van der Waals surface area contributed by atoms with E-state index < -0.39 is 0 Å². The summed E-state index contributed by atoms with van der Waals surface area (Å²) in [5.74, 6) is 0.742. The van der Waals surface area contributed by atoms with Crippen molar-refractivity contribution >= 4 is 29.6 Å². The van der Waals surface area contributed by atoms with Gasteiger partial charge in [0.05, 0.1) is 0 Å². The van der Waals surface area contributed by atoms with Gasteiger partial charge in [0.1, 0.15) is 11.5 Å². The fraction of sp³-hybridized carbons (Fsp3) is 0.167. The first-order valence-electron chi connectivity index (χ1n) is 3.57. The second kappa shape index (κ2) is 2.43. The van der Waals surface area contributed by atoms with E-state index in [1.807, 2.05) is 0 Å². The summed E-state index contributed by atoms with van der Waals surface area (Å²) in [6.45, 7) is 0. The lowest BCUT2D eigenvalue weighted by atomic mass is 10.5. The van der Waals surface area contributed by atoms with Crippen molar-refractivity contribution in [1.82, 2.24) is 19.2 Å². The Morgan fingerprint density at radius 1 is 1.46 bits per heavy atom. The molecule has 13 heavy (non-hydrogen) atoms. The number of anilines is 2. The number of rotatable bonds is 0. The molecule has 2 heterocycles. The van der Waals surface area contributed by atoms with Crippen LogP contribution in [0.25, 0.3) is 5.65 Å². The monoisotopic (exact) mass is 196 g/mol. The van der Waals surface area contributed by atoms with E-state index >= 15 is 0 Å². The highest BCUT2D eigenvalue weighted by atomic mass is 32.1. The van der Waals surface area contributed by atoms with Crippen molar-refractivity contribution in [2.45, 2.75) is 0 Å². The van der Waals surface area contributed by atoms with E-state index in [4.69, 9.17) is 23.7 Å². The largest absolute Gasteiger partial charge is 0.383 e. The Labute approximate surface area is 78.8 Å². The van der Waals surface area contributed by atoms with E-state index in [0.717, 1.165) is 5.65 Å². The van der Waals surface area contributed by atoms with Crippen molar-refractivity contribution in [2.24, 2.45) is 7.05 Å². The minimum atomic E-state index is 0.308. The SMILES string of the molecule is Cn1c(N)nn2c(=S)nc(N)cc12. The van der Waals surface area contributed by atoms with Crippen LogP contribution in [0.4, 0.5) is 11.8 Å². The molecule has 2 aromatic rings. The summed E-state index contributed by atoms with van der Waals surface area (Å²) in [5.41, 5.74) is 11.8. The molecule has 0 saturated heterocycles. The molecule has 0 aromatic carbocycles. The number of nitrogens with two attached hydrogens (primary N) is 2. The highest BCUT2D eigenvalue weighted by Gasteiger charge is 2.05. The summed E-state index contributed by atoms with van der Waals surface area (Å²) >= 11 is 4.95. The van der Waals surface area contributed by atoms with E-state index in [9.17, 15) is 0 Å². The van der Waals surface area contributed by atoms with Crippen molar-refractivity contribution in [3.63, 3.8) is 0 Å². The average molecular weight is 196 g/mol. The lowest BCUT2D eigenvalue weighted by molar-refractivity contribution is 0.908. The summed E-state index contributed by atoms with van der Waals surface area (Å²) in [6.07, 6.45) is 0. The molecule has 0 aliphatic carbocycles. The molecule has 0 spiro atoms. The van der Waals surface area contributed by atoms with Gasteiger partial charge in [0, 0.05) is 13.1 Å². The van der Waals surface area contributed by atoms with E-state index in [0.29, 0.717) is 16.5 Å². The van der Waals surface area contributed by atoms with Crippen LogP contribution in [0.1, 0.15) is 0 Å². The highest BCUT2D eigenvalue weighted by molar-refractivity contribution is 7.71. The van der Waals surface area contributed by atoms with Crippen molar-refractivity contribution in [2.75, 3.05) is 11.5 Å². The zero-order valence-electron chi connectivity index (χ0n) is 6.93. The van der Waals surface area contributed by atoms with Crippen LogP contribution < -0.4 is 11.5 Å². The maximum absolute atomic E-state index is 5.59. The summed E-state index contributed by atoms with van der Waals surface area (Å²) in [7, 11) is 1.78. The molecule has 0 saturated carbocycles. The number of nitrogens with zero attached hydrogens (tertiary/aromatic N) is 4. The van der Waals surface area contributed by atoms with Crippen LogP contribution >= 0.6 is 12.2 Å². The van der Waals surface area contributed by atoms with Crippen molar-refractivity contribution < 1.29 is 0 Å². The first-order chi connectivity index (χ1) is 6.09. The van der Waals surface area contributed by atoms with Crippen molar-refractivity contribution in [3.8, 4) is 0 Å². The van der Waals surface area contributed by atoms with Gasteiger partial charge < -0.3 is 11.5 Å². The van der Waals surface area contributed by atoms with Gasteiger partial charge in [-0.05, 0) is 12.2 Å². The van der Waals surface area contributed by atoms with Crippen molar-refractivity contribution in [1.29, 1.82) is 0 Å². The van der Waals surface area contributed by atoms with Crippen LogP contribution in [0.5, 0.6) is 0 Å². The summed E-state index contributed by atoms with van der Waals surface area (Å²) < 4.78 is 3.47. The predicted molar refractivity (Wildman–Crippen MR) is 51.6 cm³/mol. The number of hydrogen-bond acceptors (Lipinski definition) is 5. The van der Waals surface area contributed by atoms with Crippen LogP contribution in [0.3, 0.4) is 0 Å². The van der Waals surface area contributed by atoms with Gasteiger partial charge >= 0.3 is 0 Å². The van der Waals surface area contributed by atoms with Crippen LogP contribution in [-0.2, 0) is 7.05 Å². The Morgan fingerprint density at radius 2 is 2.15 bits per heavy atom. The molecule has 6 nitrogen and oxygen atoms in total.